The Morgan fingerprint density at radius 3 is 2.60 bits per heavy atom. The minimum absolute atomic E-state index is 0.378. The van der Waals surface area contributed by atoms with Crippen molar-refractivity contribution < 1.29 is 9.53 Å². The lowest BCUT2D eigenvalue weighted by atomic mass is 9.72. The van der Waals surface area contributed by atoms with E-state index in [9.17, 15) is 4.79 Å². The molecule has 2 saturated heterocycles. The average molecular weight is 275 g/mol. The van der Waals surface area contributed by atoms with Crippen LogP contribution in [0.2, 0.25) is 0 Å². The first-order chi connectivity index (χ1) is 9.53. The molecule has 0 saturated carbocycles. The summed E-state index contributed by atoms with van der Waals surface area (Å²) in [6.07, 6.45) is 0. The van der Waals surface area contributed by atoms with Gasteiger partial charge in [-0.15, -0.1) is 0 Å². The van der Waals surface area contributed by atoms with Crippen LogP contribution in [0.4, 0.5) is 5.82 Å². The molecule has 2 aliphatic rings. The van der Waals surface area contributed by atoms with Crippen LogP contribution in [-0.2, 0) is 4.74 Å². The van der Waals surface area contributed by atoms with Crippen molar-refractivity contribution in [2.45, 2.75) is 19.9 Å². The minimum atomic E-state index is -0.378. The van der Waals surface area contributed by atoms with Gasteiger partial charge in [0.1, 0.15) is 5.82 Å². The number of carbonyl (C=O) groups is 1. The Hall–Kier alpha value is -1.62. The lowest BCUT2D eigenvalue weighted by molar-refractivity contribution is -0.0414. The molecule has 2 aliphatic heterocycles. The summed E-state index contributed by atoms with van der Waals surface area (Å²) in [4.78, 5) is 20.6. The van der Waals surface area contributed by atoms with E-state index in [2.05, 4.69) is 28.6 Å². The van der Waals surface area contributed by atoms with Gasteiger partial charge in [-0.2, -0.15) is 0 Å². The molecule has 1 spiro atoms. The minimum Gasteiger partial charge on any atom is -0.464 e. The molecule has 0 N–H and O–H groups in total. The van der Waals surface area contributed by atoms with Crippen LogP contribution in [0.1, 0.15) is 24.3 Å². The summed E-state index contributed by atoms with van der Waals surface area (Å²) in [6, 6.07) is 6.14. The number of hydrogen-bond donors (Lipinski definition) is 0. The summed E-state index contributed by atoms with van der Waals surface area (Å²) < 4.78 is 4.71. The van der Waals surface area contributed by atoms with Gasteiger partial charge in [0.25, 0.3) is 0 Å². The lowest BCUT2D eigenvalue weighted by Gasteiger charge is -2.61. The van der Waals surface area contributed by atoms with Crippen LogP contribution >= 0.6 is 0 Å². The van der Waals surface area contributed by atoms with Gasteiger partial charge in [-0.25, -0.2) is 9.78 Å². The molecule has 20 heavy (non-hydrogen) atoms. The maximum atomic E-state index is 11.5. The van der Waals surface area contributed by atoms with Gasteiger partial charge in [0.15, 0.2) is 5.69 Å². The number of rotatable bonds is 3. The van der Waals surface area contributed by atoms with Gasteiger partial charge in [0.2, 0.25) is 0 Å². The monoisotopic (exact) mass is 275 g/mol. The van der Waals surface area contributed by atoms with Crippen LogP contribution in [-0.4, -0.2) is 55.2 Å². The maximum Gasteiger partial charge on any atom is 0.356 e. The van der Waals surface area contributed by atoms with Crippen molar-refractivity contribution in [3.05, 3.63) is 23.9 Å². The van der Waals surface area contributed by atoms with E-state index in [0.717, 1.165) is 18.9 Å². The van der Waals surface area contributed by atoms with E-state index in [-0.39, 0.29) is 5.97 Å². The summed E-state index contributed by atoms with van der Waals surface area (Å²) >= 11 is 0. The van der Waals surface area contributed by atoms with E-state index in [4.69, 9.17) is 4.74 Å². The van der Waals surface area contributed by atoms with Crippen molar-refractivity contribution in [1.29, 1.82) is 0 Å². The maximum absolute atomic E-state index is 11.5. The third-order valence-electron chi connectivity index (χ3n) is 4.31. The highest BCUT2D eigenvalue weighted by molar-refractivity contribution is 5.87. The Bertz CT molecular complexity index is 516. The standard InChI is InChI=1S/C15H21N3O2/c1-11(2)17-7-15(8-17)9-18(10-15)13-6-4-5-12(16-13)14(19)20-3/h4-6,11H,7-10H2,1-3H3. The molecule has 0 unspecified atom stereocenters. The largest absolute Gasteiger partial charge is 0.464 e. The first-order valence-corrected chi connectivity index (χ1v) is 7.07. The molecule has 0 bridgehead atoms. The summed E-state index contributed by atoms with van der Waals surface area (Å²) in [6.45, 7) is 8.91. The van der Waals surface area contributed by atoms with E-state index < -0.39 is 0 Å². The van der Waals surface area contributed by atoms with Crippen LogP contribution in [0, 0.1) is 5.41 Å². The van der Waals surface area contributed by atoms with Gasteiger partial charge in [-0.3, -0.25) is 4.90 Å². The van der Waals surface area contributed by atoms with Crippen LogP contribution in [0.3, 0.4) is 0 Å². The number of nitrogens with zero attached hydrogens (tertiary/aromatic N) is 3. The van der Waals surface area contributed by atoms with E-state index in [0.29, 0.717) is 17.2 Å². The topological polar surface area (TPSA) is 45.7 Å². The molecule has 3 heterocycles. The summed E-state index contributed by atoms with van der Waals surface area (Å²) in [5.41, 5.74) is 0.830. The zero-order valence-electron chi connectivity index (χ0n) is 12.3. The number of aromatic nitrogens is 1. The number of ether oxygens (including phenoxy) is 1. The highest BCUT2D eigenvalue weighted by Gasteiger charge is 2.52. The molecule has 2 fully saturated rings. The number of carbonyl (C=O) groups excluding carboxylic acids is 1. The second kappa shape index (κ2) is 4.74. The van der Waals surface area contributed by atoms with Crippen molar-refractivity contribution in [3.8, 4) is 0 Å². The van der Waals surface area contributed by atoms with Crippen LogP contribution in [0.5, 0.6) is 0 Å². The number of anilines is 1. The van der Waals surface area contributed by atoms with Crippen molar-refractivity contribution in [3.63, 3.8) is 0 Å². The molecule has 1 aromatic heterocycles. The number of likely N-dealkylation sites (tertiary alicyclic amines) is 1. The Kier molecular flexibility index (Phi) is 3.17. The van der Waals surface area contributed by atoms with Crippen molar-refractivity contribution in [1.82, 2.24) is 9.88 Å². The highest BCUT2D eigenvalue weighted by Crippen LogP contribution is 2.42. The quantitative estimate of drug-likeness (QED) is 0.780. The highest BCUT2D eigenvalue weighted by atomic mass is 16.5. The summed E-state index contributed by atoms with van der Waals surface area (Å²) in [7, 11) is 1.38. The zero-order valence-corrected chi connectivity index (χ0v) is 12.3. The second-order valence-electron chi connectivity index (χ2n) is 6.23. The Morgan fingerprint density at radius 2 is 2.00 bits per heavy atom. The van der Waals surface area contributed by atoms with E-state index in [1.165, 1.54) is 20.2 Å². The Labute approximate surface area is 119 Å². The van der Waals surface area contributed by atoms with Crippen LogP contribution in [0.15, 0.2) is 18.2 Å². The zero-order chi connectivity index (χ0) is 14.3. The van der Waals surface area contributed by atoms with Gasteiger partial charge >= 0.3 is 5.97 Å². The van der Waals surface area contributed by atoms with Crippen molar-refractivity contribution >= 4 is 11.8 Å². The number of methoxy groups -OCH3 is 1. The van der Waals surface area contributed by atoms with Crippen molar-refractivity contribution in [2.75, 3.05) is 38.2 Å². The molecule has 3 rings (SSSR count). The van der Waals surface area contributed by atoms with Gasteiger partial charge in [0, 0.05) is 37.6 Å². The smallest absolute Gasteiger partial charge is 0.356 e. The molecule has 5 nitrogen and oxygen atoms in total. The van der Waals surface area contributed by atoms with Gasteiger partial charge < -0.3 is 9.64 Å². The first-order valence-electron chi connectivity index (χ1n) is 7.07. The fraction of sp³-hybridized carbons (Fsp3) is 0.600. The summed E-state index contributed by atoms with van der Waals surface area (Å²) in [5, 5.41) is 0. The van der Waals surface area contributed by atoms with Gasteiger partial charge in [-0.1, -0.05) is 6.07 Å². The predicted molar refractivity (Wildman–Crippen MR) is 76.9 cm³/mol. The molecule has 0 atom stereocenters. The second-order valence-corrected chi connectivity index (χ2v) is 6.23. The van der Waals surface area contributed by atoms with E-state index in [1.807, 2.05) is 12.1 Å². The Balaban J connectivity index is 1.62. The van der Waals surface area contributed by atoms with Gasteiger partial charge in [-0.05, 0) is 26.0 Å². The molecule has 0 amide bonds. The van der Waals surface area contributed by atoms with E-state index in [1.54, 1.807) is 6.07 Å². The van der Waals surface area contributed by atoms with Crippen molar-refractivity contribution in [2.24, 2.45) is 5.41 Å². The number of esters is 1. The first kappa shape index (κ1) is 13.4. The molecule has 5 heteroatoms. The fourth-order valence-corrected chi connectivity index (χ4v) is 3.12. The van der Waals surface area contributed by atoms with Crippen LogP contribution in [0.25, 0.3) is 0 Å². The third-order valence-corrected chi connectivity index (χ3v) is 4.31. The molecular weight excluding hydrogens is 254 g/mol. The third kappa shape index (κ3) is 2.16. The molecule has 0 aromatic carbocycles. The Morgan fingerprint density at radius 1 is 1.30 bits per heavy atom. The number of pyridine rings is 1. The molecular formula is C15H21N3O2. The molecule has 108 valence electrons. The fourth-order valence-electron chi connectivity index (χ4n) is 3.12. The van der Waals surface area contributed by atoms with Gasteiger partial charge in [0.05, 0.1) is 7.11 Å². The predicted octanol–water partition coefficient (Wildman–Crippen LogP) is 1.40. The summed E-state index contributed by atoms with van der Waals surface area (Å²) in [5.74, 6) is 0.498. The van der Waals surface area contributed by atoms with E-state index >= 15 is 0 Å². The molecule has 1 aromatic rings. The number of hydrogen-bond acceptors (Lipinski definition) is 5. The molecule has 0 aliphatic carbocycles. The SMILES string of the molecule is COC(=O)c1cccc(N2CC3(C2)CN(C(C)C)C3)n1. The molecule has 0 radical (unpaired) electrons. The van der Waals surface area contributed by atoms with Crippen LogP contribution < -0.4 is 4.90 Å². The normalized spacial score (nSPS) is 20.7. The average Bonchev–Trinajstić information content (AvgIpc) is 2.34. The lowest BCUT2D eigenvalue weighted by Crippen LogP contribution is -2.73.